The molecule has 0 N–H and O–H groups in total. The van der Waals surface area contributed by atoms with E-state index in [0.29, 0.717) is 0 Å². The zero-order valence-electron chi connectivity index (χ0n) is 5.10. The fraction of sp³-hybridized carbons (Fsp3) is 0.800. The average molecular weight is 203 g/mol. The Morgan fingerprint density at radius 1 is 1.38 bits per heavy atom. The standard InChI is InChI=1S/C5H10NO.Rh/c1-3-6(4-2)5-7;/h3-4H2,1-2H3;/q-1;. The summed E-state index contributed by atoms with van der Waals surface area (Å²) < 4.78 is 0. The number of nitrogens with zero attached hydrogens (tertiary/aromatic N) is 1. The van der Waals surface area contributed by atoms with Crippen LogP contribution in [0.3, 0.4) is 0 Å². The number of hydrogen-bond donors (Lipinski definition) is 0. The molecule has 1 amide bonds. The van der Waals surface area contributed by atoms with Gasteiger partial charge in [0, 0.05) is 19.5 Å². The molecule has 3 heteroatoms. The normalized spacial score (nSPS) is 7.25. The molecule has 0 rings (SSSR count). The van der Waals surface area contributed by atoms with Gasteiger partial charge in [-0.25, -0.2) is 0 Å². The van der Waals surface area contributed by atoms with E-state index >= 15 is 0 Å². The van der Waals surface area contributed by atoms with E-state index in [-0.39, 0.29) is 19.5 Å². The van der Waals surface area contributed by atoms with Gasteiger partial charge in [-0.05, 0) is 13.1 Å². The van der Waals surface area contributed by atoms with Crippen molar-refractivity contribution in [1.29, 1.82) is 0 Å². The molecule has 1 radical (unpaired) electrons. The first kappa shape index (κ1) is 11.0. The van der Waals surface area contributed by atoms with E-state index in [4.69, 9.17) is 0 Å². The van der Waals surface area contributed by atoms with Crippen LogP contribution in [0.5, 0.6) is 0 Å². The van der Waals surface area contributed by atoms with Gasteiger partial charge in [0.05, 0.1) is 0 Å². The maximum absolute atomic E-state index is 9.77. The molecule has 0 spiro atoms. The molecule has 0 fully saturated rings. The first-order valence-corrected chi connectivity index (χ1v) is 2.47. The van der Waals surface area contributed by atoms with Gasteiger partial charge in [-0.2, -0.15) is 6.41 Å². The number of hydrogen-bond acceptors (Lipinski definition) is 1. The third-order valence-electron chi connectivity index (χ3n) is 0.893. The van der Waals surface area contributed by atoms with Crippen molar-refractivity contribution in [2.75, 3.05) is 13.1 Å². The molecule has 0 aromatic heterocycles. The van der Waals surface area contributed by atoms with Gasteiger partial charge in [0.15, 0.2) is 0 Å². The Hall–Kier alpha value is 0.0934. The van der Waals surface area contributed by atoms with E-state index < -0.39 is 0 Å². The summed E-state index contributed by atoms with van der Waals surface area (Å²) in [6.45, 7) is 5.38. The van der Waals surface area contributed by atoms with Crippen molar-refractivity contribution in [1.82, 2.24) is 4.90 Å². The van der Waals surface area contributed by atoms with Gasteiger partial charge in [0.25, 0.3) is 0 Å². The summed E-state index contributed by atoms with van der Waals surface area (Å²) in [6, 6.07) is 0. The summed E-state index contributed by atoms with van der Waals surface area (Å²) >= 11 is 0. The predicted octanol–water partition coefficient (Wildman–Crippen LogP) is 0.393. The van der Waals surface area contributed by atoms with Crippen molar-refractivity contribution >= 4 is 6.41 Å². The van der Waals surface area contributed by atoms with Crippen molar-refractivity contribution in [3.63, 3.8) is 0 Å². The minimum absolute atomic E-state index is 0. The molecular formula is C5H10NORh-. The minimum Gasteiger partial charge on any atom is -0.520 e. The predicted molar refractivity (Wildman–Crippen MR) is 28.6 cm³/mol. The second kappa shape index (κ2) is 7.09. The fourth-order valence-corrected chi connectivity index (χ4v) is 0.353. The molecule has 0 heterocycles. The zero-order valence-corrected chi connectivity index (χ0v) is 6.74. The Balaban J connectivity index is 0. The summed E-state index contributed by atoms with van der Waals surface area (Å²) in [5, 5.41) is 0. The maximum Gasteiger partial charge on any atom is 0 e. The van der Waals surface area contributed by atoms with Gasteiger partial charge in [0.2, 0.25) is 0 Å². The molecule has 0 unspecified atom stereocenters. The van der Waals surface area contributed by atoms with Gasteiger partial charge in [-0.1, -0.05) is 13.8 Å². The molecule has 8 heavy (non-hydrogen) atoms. The SMILES string of the molecule is CCN([C-]=O)CC.[Rh]. The quantitative estimate of drug-likeness (QED) is 0.369. The molecule has 2 nitrogen and oxygen atoms in total. The maximum atomic E-state index is 9.77. The topological polar surface area (TPSA) is 20.3 Å². The Kier molecular flexibility index (Phi) is 9.72. The molecule has 0 aromatic carbocycles. The Morgan fingerprint density at radius 3 is 1.75 bits per heavy atom. The van der Waals surface area contributed by atoms with Gasteiger partial charge >= 0.3 is 0 Å². The summed E-state index contributed by atoms with van der Waals surface area (Å²) in [5.74, 6) is 0. The molecular weight excluding hydrogens is 193 g/mol. The van der Waals surface area contributed by atoms with Crippen LogP contribution in [0.25, 0.3) is 0 Å². The van der Waals surface area contributed by atoms with Crippen LogP contribution in [0.15, 0.2) is 0 Å². The number of rotatable bonds is 3. The van der Waals surface area contributed by atoms with E-state index in [1.54, 1.807) is 11.3 Å². The van der Waals surface area contributed by atoms with E-state index in [0.717, 1.165) is 13.1 Å². The monoisotopic (exact) mass is 203 g/mol. The van der Waals surface area contributed by atoms with Gasteiger partial charge in [-0.3, -0.25) is 0 Å². The van der Waals surface area contributed by atoms with Crippen LogP contribution in [-0.4, -0.2) is 24.4 Å². The molecule has 0 aliphatic carbocycles. The van der Waals surface area contributed by atoms with Crippen molar-refractivity contribution in [3.05, 3.63) is 0 Å². The average Bonchev–Trinajstić information content (AvgIpc) is 1.72. The first-order chi connectivity index (χ1) is 3.35. The van der Waals surface area contributed by atoms with Crippen molar-refractivity contribution < 1.29 is 24.3 Å². The third kappa shape index (κ3) is 4.26. The van der Waals surface area contributed by atoms with Gasteiger partial charge in [0.1, 0.15) is 0 Å². The largest absolute Gasteiger partial charge is 0.520 e. The van der Waals surface area contributed by atoms with E-state index in [2.05, 4.69) is 0 Å². The number of amides is 1. The van der Waals surface area contributed by atoms with Crippen LogP contribution in [0.2, 0.25) is 0 Å². The molecule has 0 aromatic rings. The van der Waals surface area contributed by atoms with Crippen LogP contribution in [0, 0.1) is 0 Å². The van der Waals surface area contributed by atoms with E-state index in [1.807, 2.05) is 13.8 Å². The van der Waals surface area contributed by atoms with Crippen molar-refractivity contribution in [3.8, 4) is 0 Å². The van der Waals surface area contributed by atoms with Crippen LogP contribution < -0.4 is 0 Å². The smallest absolute Gasteiger partial charge is 0 e. The summed E-state index contributed by atoms with van der Waals surface area (Å²) in [4.78, 5) is 11.3. The first-order valence-electron chi connectivity index (χ1n) is 2.47. The summed E-state index contributed by atoms with van der Waals surface area (Å²) in [6.07, 6.45) is 1.78. The molecule has 0 saturated heterocycles. The van der Waals surface area contributed by atoms with Crippen molar-refractivity contribution in [2.45, 2.75) is 13.8 Å². The van der Waals surface area contributed by atoms with Crippen LogP contribution in [0.1, 0.15) is 13.8 Å². The summed E-state index contributed by atoms with van der Waals surface area (Å²) in [7, 11) is 0. The van der Waals surface area contributed by atoms with Crippen molar-refractivity contribution in [2.24, 2.45) is 0 Å². The molecule has 0 aliphatic heterocycles. The second-order valence-electron chi connectivity index (χ2n) is 1.26. The molecule has 0 bridgehead atoms. The summed E-state index contributed by atoms with van der Waals surface area (Å²) in [5.41, 5.74) is 0. The van der Waals surface area contributed by atoms with Crippen LogP contribution in [-0.2, 0) is 24.3 Å². The van der Waals surface area contributed by atoms with Crippen LogP contribution in [0.4, 0.5) is 0 Å². The Bertz CT molecular complexity index is 54.4. The van der Waals surface area contributed by atoms with E-state index in [1.165, 1.54) is 0 Å². The van der Waals surface area contributed by atoms with E-state index in [9.17, 15) is 4.79 Å². The number of carbonyl (C=O) groups excluding carboxylic acids is 1. The Labute approximate surface area is 63.0 Å². The molecule has 51 valence electrons. The molecule has 0 atom stereocenters. The second-order valence-corrected chi connectivity index (χ2v) is 1.26. The zero-order chi connectivity index (χ0) is 5.70. The molecule has 0 aliphatic rings. The fourth-order valence-electron chi connectivity index (χ4n) is 0.353. The van der Waals surface area contributed by atoms with Gasteiger partial charge in [-0.15, -0.1) is 0 Å². The van der Waals surface area contributed by atoms with Gasteiger partial charge < -0.3 is 9.69 Å². The Morgan fingerprint density at radius 2 is 1.75 bits per heavy atom. The third-order valence-corrected chi connectivity index (χ3v) is 0.893. The minimum atomic E-state index is 0. The van der Waals surface area contributed by atoms with Crippen LogP contribution >= 0.6 is 0 Å². The molecule has 0 saturated carbocycles.